The monoisotopic (exact) mass is 372 g/mol. The Kier molecular flexibility index (Phi) is 7.36. The zero-order valence-electron chi connectivity index (χ0n) is 16.5. The molecule has 0 saturated heterocycles. The van der Waals surface area contributed by atoms with Crippen LogP contribution in [0.4, 0.5) is 0 Å². The fourth-order valence-corrected chi connectivity index (χ4v) is 3.47. The van der Waals surface area contributed by atoms with Crippen molar-refractivity contribution in [1.82, 2.24) is 9.88 Å². The van der Waals surface area contributed by atoms with Gasteiger partial charge in [-0.15, -0.1) is 0 Å². The molecule has 1 unspecified atom stereocenters. The largest absolute Gasteiger partial charge is 0.338 e. The number of hydrogen-bond donors (Lipinski definition) is 0. The van der Waals surface area contributed by atoms with E-state index in [-0.39, 0.29) is 11.8 Å². The smallest absolute Gasteiger partial charge is 0.223 e. The minimum Gasteiger partial charge on any atom is -0.338 e. The van der Waals surface area contributed by atoms with E-state index in [0.717, 1.165) is 24.9 Å². The lowest BCUT2D eigenvalue weighted by Crippen LogP contribution is -2.33. The van der Waals surface area contributed by atoms with E-state index in [1.54, 1.807) is 12.4 Å². The molecule has 0 aliphatic rings. The third kappa shape index (κ3) is 5.78. The molecule has 28 heavy (non-hydrogen) atoms. The highest BCUT2D eigenvalue weighted by molar-refractivity contribution is 5.77. The van der Waals surface area contributed by atoms with Crippen LogP contribution in [0.1, 0.15) is 42.4 Å². The van der Waals surface area contributed by atoms with Gasteiger partial charge in [-0.3, -0.25) is 9.78 Å². The summed E-state index contributed by atoms with van der Waals surface area (Å²) in [5.74, 6) is 0.466. The third-order valence-electron chi connectivity index (χ3n) is 5.17. The number of aromatic nitrogens is 1. The molecule has 1 aromatic heterocycles. The Morgan fingerprint density at radius 2 is 1.54 bits per heavy atom. The predicted octanol–water partition coefficient (Wildman–Crippen LogP) is 5.24. The molecule has 0 radical (unpaired) electrons. The van der Waals surface area contributed by atoms with Crippen LogP contribution in [0.3, 0.4) is 0 Å². The van der Waals surface area contributed by atoms with Crippen LogP contribution in [0.15, 0.2) is 85.2 Å². The molecule has 2 aromatic carbocycles. The molecule has 0 bridgehead atoms. The van der Waals surface area contributed by atoms with E-state index in [9.17, 15) is 4.79 Å². The Balaban J connectivity index is 1.71. The standard InChI is InChI=1S/C25H28N2O/c1-2-23(24-11-7-4-8-12-24)19-25(28)27(20-22-13-16-26-17-14-22)18-15-21-9-5-3-6-10-21/h3-14,16-17,23H,2,15,18-20H2,1H3. The highest BCUT2D eigenvalue weighted by Gasteiger charge is 2.20. The number of benzene rings is 2. The van der Waals surface area contributed by atoms with Crippen LogP contribution >= 0.6 is 0 Å². The minimum atomic E-state index is 0.212. The maximum Gasteiger partial charge on any atom is 0.223 e. The fraction of sp³-hybridized carbons (Fsp3) is 0.280. The van der Waals surface area contributed by atoms with Crippen molar-refractivity contribution in [3.05, 3.63) is 102 Å². The Morgan fingerprint density at radius 3 is 2.18 bits per heavy atom. The van der Waals surface area contributed by atoms with E-state index in [4.69, 9.17) is 0 Å². The molecule has 0 N–H and O–H groups in total. The van der Waals surface area contributed by atoms with E-state index < -0.39 is 0 Å². The maximum atomic E-state index is 13.2. The molecule has 0 spiro atoms. The number of nitrogens with zero attached hydrogens (tertiary/aromatic N) is 2. The Morgan fingerprint density at radius 1 is 0.893 bits per heavy atom. The number of pyridine rings is 1. The van der Waals surface area contributed by atoms with E-state index in [0.29, 0.717) is 13.0 Å². The van der Waals surface area contributed by atoms with Crippen LogP contribution < -0.4 is 0 Å². The first-order chi connectivity index (χ1) is 13.8. The van der Waals surface area contributed by atoms with Gasteiger partial charge in [-0.05, 0) is 47.6 Å². The quantitative estimate of drug-likeness (QED) is 0.515. The summed E-state index contributed by atoms with van der Waals surface area (Å²) in [5.41, 5.74) is 3.61. The van der Waals surface area contributed by atoms with Crippen molar-refractivity contribution in [3.8, 4) is 0 Å². The van der Waals surface area contributed by atoms with Crippen molar-refractivity contribution in [2.75, 3.05) is 6.54 Å². The zero-order valence-corrected chi connectivity index (χ0v) is 16.5. The van der Waals surface area contributed by atoms with Gasteiger partial charge in [-0.1, -0.05) is 67.6 Å². The average Bonchev–Trinajstić information content (AvgIpc) is 2.76. The Hall–Kier alpha value is -2.94. The first-order valence-corrected chi connectivity index (χ1v) is 10.0. The lowest BCUT2D eigenvalue weighted by Gasteiger charge is -2.25. The molecule has 3 nitrogen and oxygen atoms in total. The summed E-state index contributed by atoms with van der Waals surface area (Å²) in [6.07, 6.45) is 5.93. The van der Waals surface area contributed by atoms with E-state index in [2.05, 4.69) is 36.2 Å². The van der Waals surface area contributed by atoms with Crippen molar-refractivity contribution >= 4 is 5.91 Å². The summed E-state index contributed by atoms with van der Waals surface area (Å²) in [6.45, 7) is 3.50. The van der Waals surface area contributed by atoms with Gasteiger partial charge in [0.2, 0.25) is 5.91 Å². The highest BCUT2D eigenvalue weighted by Crippen LogP contribution is 2.24. The predicted molar refractivity (Wildman–Crippen MR) is 114 cm³/mol. The van der Waals surface area contributed by atoms with Gasteiger partial charge in [-0.25, -0.2) is 0 Å². The van der Waals surface area contributed by atoms with Crippen LogP contribution in [-0.4, -0.2) is 22.3 Å². The van der Waals surface area contributed by atoms with Gasteiger partial charge in [0.25, 0.3) is 0 Å². The van der Waals surface area contributed by atoms with Crippen molar-refractivity contribution in [2.24, 2.45) is 0 Å². The number of amides is 1. The third-order valence-corrected chi connectivity index (χ3v) is 5.17. The van der Waals surface area contributed by atoms with Crippen LogP contribution in [-0.2, 0) is 17.8 Å². The first-order valence-electron chi connectivity index (χ1n) is 10.0. The second-order valence-electron chi connectivity index (χ2n) is 7.13. The van der Waals surface area contributed by atoms with Crippen LogP contribution in [0.25, 0.3) is 0 Å². The first kappa shape index (κ1) is 19.8. The SMILES string of the molecule is CCC(CC(=O)N(CCc1ccccc1)Cc1ccncc1)c1ccccc1. The molecule has 0 aliphatic carbocycles. The van der Waals surface area contributed by atoms with Gasteiger partial charge in [0, 0.05) is 31.9 Å². The molecule has 0 fully saturated rings. The summed E-state index contributed by atoms with van der Waals surface area (Å²) >= 11 is 0. The van der Waals surface area contributed by atoms with Crippen LogP contribution in [0, 0.1) is 0 Å². The van der Waals surface area contributed by atoms with Crippen molar-refractivity contribution < 1.29 is 4.79 Å². The molecule has 1 atom stereocenters. The second-order valence-corrected chi connectivity index (χ2v) is 7.13. The highest BCUT2D eigenvalue weighted by atomic mass is 16.2. The molecule has 3 heteroatoms. The maximum absolute atomic E-state index is 13.2. The molecule has 3 rings (SSSR count). The Bertz CT molecular complexity index is 834. The molecule has 3 aromatic rings. The number of rotatable bonds is 9. The normalized spacial score (nSPS) is 11.8. The van der Waals surface area contributed by atoms with E-state index >= 15 is 0 Å². The summed E-state index contributed by atoms with van der Waals surface area (Å²) in [7, 11) is 0. The molecule has 0 aliphatic heterocycles. The van der Waals surface area contributed by atoms with Crippen molar-refractivity contribution in [3.63, 3.8) is 0 Å². The van der Waals surface area contributed by atoms with Crippen LogP contribution in [0.2, 0.25) is 0 Å². The lowest BCUT2D eigenvalue weighted by molar-refractivity contribution is -0.132. The number of carbonyl (C=O) groups excluding carboxylic acids is 1. The van der Waals surface area contributed by atoms with Gasteiger partial charge >= 0.3 is 0 Å². The molecular formula is C25H28N2O. The lowest BCUT2D eigenvalue weighted by atomic mass is 9.92. The van der Waals surface area contributed by atoms with Crippen molar-refractivity contribution in [2.45, 2.75) is 38.6 Å². The van der Waals surface area contributed by atoms with E-state index in [1.807, 2.05) is 53.4 Å². The van der Waals surface area contributed by atoms with Gasteiger partial charge < -0.3 is 4.90 Å². The van der Waals surface area contributed by atoms with Gasteiger partial charge in [0.05, 0.1) is 0 Å². The summed E-state index contributed by atoms with van der Waals surface area (Å²) in [5, 5.41) is 0. The molecule has 1 heterocycles. The van der Waals surface area contributed by atoms with Crippen molar-refractivity contribution in [1.29, 1.82) is 0 Å². The second kappa shape index (κ2) is 10.4. The zero-order chi connectivity index (χ0) is 19.6. The Labute approximate surface area is 168 Å². The summed E-state index contributed by atoms with van der Waals surface area (Å²) < 4.78 is 0. The molecular weight excluding hydrogens is 344 g/mol. The van der Waals surface area contributed by atoms with E-state index in [1.165, 1.54) is 11.1 Å². The molecule has 0 saturated carbocycles. The fourth-order valence-electron chi connectivity index (χ4n) is 3.47. The minimum absolute atomic E-state index is 0.212. The average molecular weight is 373 g/mol. The van der Waals surface area contributed by atoms with Gasteiger partial charge in [0.15, 0.2) is 0 Å². The number of hydrogen-bond acceptors (Lipinski definition) is 2. The van der Waals surface area contributed by atoms with Gasteiger partial charge in [0.1, 0.15) is 0 Å². The number of carbonyl (C=O) groups is 1. The summed E-state index contributed by atoms with van der Waals surface area (Å²) in [4.78, 5) is 19.3. The van der Waals surface area contributed by atoms with Gasteiger partial charge in [-0.2, -0.15) is 0 Å². The molecule has 1 amide bonds. The topological polar surface area (TPSA) is 33.2 Å². The summed E-state index contributed by atoms with van der Waals surface area (Å²) in [6, 6.07) is 24.7. The molecule has 144 valence electrons. The van der Waals surface area contributed by atoms with Crippen LogP contribution in [0.5, 0.6) is 0 Å².